The van der Waals surface area contributed by atoms with Crippen LogP contribution in [0.2, 0.25) is 0 Å². The standard InChI is InChI=1S/C12H19NO4/c1-6-8-7-9(14)13(5)10(8)16-11(15)17-12(2,3)4/h7,10H,6H2,1-5H3. The second-order valence-corrected chi connectivity index (χ2v) is 4.96. The first kappa shape index (κ1) is 13.5. The minimum Gasteiger partial charge on any atom is -0.429 e. The van der Waals surface area contributed by atoms with Crippen molar-refractivity contribution in [2.45, 2.75) is 45.9 Å². The van der Waals surface area contributed by atoms with Gasteiger partial charge in [-0.3, -0.25) is 4.79 Å². The molecule has 0 N–H and O–H groups in total. The number of carbonyl (C=O) groups is 2. The maximum absolute atomic E-state index is 11.5. The van der Waals surface area contributed by atoms with E-state index in [1.54, 1.807) is 27.8 Å². The molecule has 17 heavy (non-hydrogen) atoms. The first-order valence-electron chi connectivity index (χ1n) is 5.61. The molecular formula is C12H19NO4. The predicted molar refractivity (Wildman–Crippen MR) is 62.3 cm³/mol. The van der Waals surface area contributed by atoms with Crippen LogP contribution in [0.15, 0.2) is 11.6 Å². The van der Waals surface area contributed by atoms with Crippen molar-refractivity contribution >= 4 is 12.1 Å². The Labute approximate surface area is 101 Å². The Hall–Kier alpha value is -1.52. The van der Waals surface area contributed by atoms with Crippen LogP contribution in [-0.4, -0.2) is 35.8 Å². The van der Waals surface area contributed by atoms with E-state index in [1.165, 1.54) is 11.0 Å². The van der Waals surface area contributed by atoms with Crippen molar-refractivity contribution in [3.8, 4) is 0 Å². The summed E-state index contributed by atoms with van der Waals surface area (Å²) in [6.45, 7) is 7.18. The van der Waals surface area contributed by atoms with Crippen molar-refractivity contribution in [1.82, 2.24) is 4.90 Å². The van der Waals surface area contributed by atoms with Crippen LogP contribution in [0.3, 0.4) is 0 Å². The molecule has 0 aromatic rings. The van der Waals surface area contributed by atoms with Crippen LogP contribution in [0, 0.1) is 0 Å². The van der Waals surface area contributed by atoms with Gasteiger partial charge in [-0.05, 0) is 32.8 Å². The van der Waals surface area contributed by atoms with Gasteiger partial charge in [0.25, 0.3) is 0 Å². The highest BCUT2D eigenvalue weighted by atomic mass is 16.7. The van der Waals surface area contributed by atoms with Gasteiger partial charge in [0.2, 0.25) is 12.1 Å². The molecule has 1 heterocycles. The average molecular weight is 241 g/mol. The summed E-state index contributed by atoms with van der Waals surface area (Å²) in [4.78, 5) is 24.3. The van der Waals surface area contributed by atoms with Crippen molar-refractivity contribution in [2.75, 3.05) is 7.05 Å². The van der Waals surface area contributed by atoms with Crippen LogP contribution in [-0.2, 0) is 14.3 Å². The molecule has 0 aromatic carbocycles. The number of carbonyl (C=O) groups excluding carboxylic acids is 2. The SMILES string of the molecule is CCC1=CC(=O)N(C)C1OC(=O)OC(C)(C)C. The Morgan fingerprint density at radius 3 is 2.53 bits per heavy atom. The van der Waals surface area contributed by atoms with E-state index in [9.17, 15) is 9.59 Å². The van der Waals surface area contributed by atoms with E-state index in [2.05, 4.69) is 0 Å². The maximum atomic E-state index is 11.5. The smallest absolute Gasteiger partial charge is 0.429 e. The molecule has 1 atom stereocenters. The second-order valence-electron chi connectivity index (χ2n) is 4.96. The Morgan fingerprint density at radius 2 is 2.06 bits per heavy atom. The molecule has 0 bridgehead atoms. The zero-order chi connectivity index (χ0) is 13.2. The van der Waals surface area contributed by atoms with Crippen molar-refractivity contribution in [1.29, 1.82) is 0 Å². The Kier molecular flexibility index (Phi) is 3.80. The molecule has 0 fully saturated rings. The highest BCUT2D eigenvalue weighted by Gasteiger charge is 2.33. The Morgan fingerprint density at radius 1 is 1.47 bits per heavy atom. The molecule has 0 saturated carbocycles. The number of nitrogens with zero attached hydrogens (tertiary/aromatic N) is 1. The summed E-state index contributed by atoms with van der Waals surface area (Å²) in [7, 11) is 1.59. The number of amides is 1. The Bertz CT molecular complexity index is 354. The van der Waals surface area contributed by atoms with Gasteiger partial charge in [0.15, 0.2) is 0 Å². The summed E-state index contributed by atoms with van der Waals surface area (Å²) in [6, 6.07) is 0. The molecule has 0 saturated heterocycles. The topological polar surface area (TPSA) is 55.8 Å². The predicted octanol–water partition coefficient (Wildman–Crippen LogP) is 2.07. The second kappa shape index (κ2) is 4.77. The molecule has 1 rings (SSSR count). The van der Waals surface area contributed by atoms with Crippen LogP contribution in [0.25, 0.3) is 0 Å². The number of hydrogen-bond donors (Lipinski definition) is 0. The molecule has 1 aliphatic rings. The molecule has 0 spiro atoms. The lowest BCUT2D eigenvalue weighted by Gasteiger charge is -2.25. The minimum atomic E-state index is -0.761. The molecule has 0 radical (unpaired) electrons. The zero-order valence-electron chi connectivity index (χ0n) is 10.9. The van der Waals surface area contributed by atoms with Gasteiger partial charge >= 0.3 is 6.16 Å². The number of ether oxygens (including phenoxy) is 2. The maximum Gasteiger partial charge on any atom is 0.510 e. The van der Waals surface area contributed by atoms with E-state index >= 15 is 0 Å². The van der Waals surface area contributed by atoms with Gasteiger partial charge < -0.3 is 14.4 Å². The first-order chi connectivity index (χ1) is 7.74. The lowest BCUT2D eigenvalue weighted by Crippen LogP contribution is -2.37. The average Bonchev–Trinajstić information content (AvgIpc) is 2.42. The number of rotatable bonds is 2. The fourth-order valence-corrected chi connectivity index (χ4v) is 1.49. The van der Waals surface area contributed by atoms with Gasteiger partial charge in [0.05, 0.1) is 0 Å². The van der Waals surface area contributed by atoms with Gasteiger partial charge in [-0.2, -0.15) is 0 Å². The van der Waals surface area contributed by atoms with E-state index < -0.39 is 18.0 Å². The fraction of sp³-hybridized carbons (Fsp3) is 0.667. The van der Waals surface area contributed by atoms with E-state index in [4.69, 9.17) is 9.47 Å². The van der Waals surface area contributed by atoms with Gasteiger partial charge in [0, 0.05) is 13.1 Å². The molecule has 5 nitrogen and oxygen atoms in total. The molecule has 5 heteroatoms. The summed E-state index contributed by atoms with van der Waals surface area (Å²) in [6.07, 6.45) is 0.754. The van der Waals surface area contributed by atoms with Crippen molar-refractivity contribution < 1.29 is 19.1 Å². The van der Waals surface area contributed by atoms with Crippen LogP contribution >= 0.6 is 0 Å². The van der Waals surface area contributed by atoms with E-state index in [1.807, 2.05) is 6.92 Å². The van der Waals surface area contributed by atoms with Crippen LogP contribution in [0.1, 0.15) is 34.1 Å². The summed E-state index contributed by atoms with van der Waals surface area (Å²) >= 11 is 0. The Balaban J connectivity index is 2.65. The molecule has 96 valence electrons. The number of hydrogen-bond acceptors (Lipinski definition) is 4. The van der Waals surface area contributed by atoms with E-state index in [0.717, 1.165) is 5.57 Å². The monoisotopic (exact) mass is 241 g/mol. The fourth-order valence-electron chi connectivity index (χ4n) is 1.49. The normalized spacial score (nSPS) is 20.3. The third kappa shape index (κ3) is 3.47. The summed E-state index contributed by atoms with van der Waals surface area (Å²) in [5, 5.41) is 0. The van der Waals surface area contributed by atoms with Gasteiger partial charge in [-0.25, -0.2) is 4.79 Å². The largest absolute Gasteiger partial charge is 0.510 e. The van der Waals surface area contributed by atoms with Crippen molar-refractivity contribution in [3.63, 3.8) is 0 Å². The van der Waals surface area contributed by atoms with Gasteiger partial charge in [-0.1, -0.05) is 6.92 Å². The van der Waals surface area contributed by atoms with Crippen LogP contribution in [0.4, 0.5) is 4.79 Å². The van der Waals surface area contributed by atoms with Gasteiger partial charge in [0.1, 0.15) is 5.60 Å². The molecule has 1 aliphatic heterocycles. The van der Waals surface area contributed by atoms with Gasteiger partial charge in [-0.15, -0.1) is 0 Å². The first-order valence-corrected chi connectivity index (χ1v) is 5.61. The van der Waals surface area contributed by atoms with Crippen LogP contribution < -0.4 is 0 Å². The molecule has 1 amide bonds. The van der Waals surface area contributed by atoms with Crippen molar-refractivity contribution in [2.24, 2.45) is 0 Å². The quantitative estimate of drug-likeness (QED) is 0.694. The highest BCUT2D eigenvalue weighted by Crippen LogP contribution is 2.22. The highest BCUT2D eigenvalue weighted by molar-refractivity contribution is 5.91. The molecule has 0 aromatic heterocycles. The lowest BCUT2D eigenvalue weighted by atomic mass is 10.2. The molecule has 1 unspecified atom stereocenters. The summed E-state index contributed by atoms with van der Waals surface area (Å²) in [5.74, 6) is -0.157. The third-order valence-electron chi connectivity index (χ3n) is 2.33. The van der Waals surface area contributed by atoms with Crippen molar-refractivity contribution in [3.05, 3.63) is 11.6 Å². The summed E-state index contributed by atoms with van der Waals surface area (Å²) in [5.41, 5.74) is 0.178. The third-order valence-corrected chi connectivity index (χ3v) is 2.33. The zero-order valence-corrected chi connectivity index (χ0v) is 10.9. The lowest BCUT2D eigenvalue weighted by molar-refractivity contribution is -0.130. The van der Waals surface area contributed by atoms with E-state index in [0.29, 0.717) is 6.42 Å². The van der Waals surface area contributed by atoms with E-state index in [-0.39, 0.29) is 5.91 Å². The molecule has 0 aliphatic carbocycles. The molecular weight excluding hydrogens is 222 g/mol. The minimum absolute atomic E-state index is 0.157. The van der Waals surface area contributed by atoms with Crippen LogP contribution in [0.5, 0.6) is 0 Å². The number of likely N-dealkylation sites (N-methyl/N-ethyl adjacent to an activating group) is 1. The summed E-state index contributed by atoms with van der Waals surface area (Å²) < 4.78 is 10.2.